The fourth-order valence-corrected chi connectivity index (χ4v) is 4.91. The number of sulfonamides is 1. The van der Waals surface area contributed by atoms with Crippen LogP contribution < -0.4 is 4.72 Å². The van der Waals surface area contributed by atoms with E-state index in [1.54, 1.807) is 35.6 Å². The van der Waals surface area contributed by atoms with Gasteiger partial charge in [0.15, 0.2) is 0 Å². The van der Waals surface area contributed by atoms with Gasteiger partial charge in [0.2, 0.25) is 10.0 Å². The van der Waals surface area contributed by atoms with Crippen LogP contribution in [-0.4, -0.2) is 34.0 Å². The van der Waals surface area contributed by atoms with Crippen molar-refractivity contribution in [2.45, 2.75) is 10.9 Å². The van der Waals surface area contributed by atoms with Crippen molar-refractivity contribution in [1.82, 2.24) is 9.62 Å². The summed E-state index contributed by atoms with van der Waals surface area (Å²) in [5, 5.41) is 1.99. The fraction of sp³-hybridized carbons (Fsp3) is 0.286. The molecule has 114 valence electrons. The van der Waals surface area contributed by atoms with Crippen molar-refractivity contribution >= 4 is 37.3 Å². The first-order valence-electron chi connectivity index (χ1n) is 6.36. The second-order valence-electron chi connectivity index (χ2n) is 4.78. The molecule has 1 aromatic carbocycles. The molecule has 0 saturated heterocycles. The van der Waals surface area contributed by atoms with Gasteiger partial charge in [0.25, 0.3) is 0 Å². The summed E-state index contributed by atoms with van der Waals surface area (Å²) >= 11 is 4.90. The van der Waals surface area contributed by atoms with E-state index in [1.807, 2.05) is 36.5 Å². The van der Waals surface area contributed by atoms with Crippen molar-refractivity contribution in [2.75, 3.05) is 20.6 Å². The minimum absolute atomic E-state index is 0.0160. The van der Waals surface area contributed by atoms with E-state index in [2.05, 4.69) is 20.7 Å². The summed E-state index contributed by atoms with van der Waals surface area (Å²) in [5.74, 6) is 0. The van der Waals surface area contributed by atoms with E-state index in [0.29, 0.717) is 11.0 Å². The highest BCUT2D eigenvalue weighted by Gasteiger charge is 2.21. The molecule has 0 saturated carbocycles. The molecule has 1 heterocycles. The van der Waals surface area contributed by atoms with Crippen molar-refractivity contribution in [2.24, 2.45) is 0 Å². The Morgan fingerprint density at radius 3 is 2.52 bits per heavy atom. The van der Waals surface area contributed by atoms with E-state index in [4.69, 9.17) is 0 Å². The van der Waals surface area contributed by atoms with E-state index < -0.39 is 10.0 Å². The molecule has 4 nitrogen and oxygen atoms in total. The molecule has 1 N–H and O–H groups in total. The molecule has 0 radical (unpaired) electrons. The number of nitrogens with zero attached hydrogens (tertiary/aromatic N) is 1. The molecule has 0 amide bonds. The Bertz CT molecular complexity index is 685. The zero-order chi connectivity index (χ0) is 15.5. The number of hydrogen-bond donors (Lipinski definition) is 1. The average Bonchev–Trinajstić information content (AvgIpc) is 2.92. The Morgan fingerprint density at radius 2 is 1.95 bits per heavy atom. The lowest BCUT2D eigenvalue weighted by Crippen LogP contribution is -2.34. The Morgan fingerprint density at radius 1 is 1.24 bits per heavy atom. The first-order chi connectivity index (χ1) is 9.92. The van der Waals surface area contributed by atoms with Crippen LogP contribution in [0.2, 0.25) is 0 Å². The van der Waals surface area contributed by atoms with Gasteiger partial charge in [0.1, 0.15) is 0 Å². The molecule has 1 atom stereocenters. The van der Waals surface area contributed by atoms with Gasteiger partial charge in [-0.3, -0.25) is 0 Å². The van der Waals surface area contributed by atoms with Crippen LogP contribution in [0.15, 0.2) is 51.1 Å². The third-order valence-electron chi connectivity index (χ3n) is 3.09. The van der Waals surface area contributed by atoms with Crippen LogP contribution in [0.25, 0.3) is 0 Å². The molecule has 2 rings (SSSR count). The SMILES string of the molecule is CN(C)C(CNS(=O)(=O)c1ccccc1Br)c1cccs1. The number of hydrogen-bond acceptors (Lipinski definition) is 4. The fourth-order valence-electron chi connectivity index (χ4n) is 1.95. The van der Waals surface area contributed by atoms with E-state index in [9.17, 15) is 8.42 Å². The van der Waals surface area contributed by atoms with Gasteiger partial charge in [0.05, 0.1) is 10.9 Å². The zero-order valence-electron chi connectivity index (χ0n) is 11.8. The number of thiophene rings is 1. The predicted octanol–water partition coefficient (Wildman–Crippen LogP) is 3.09. The number of likely N-dealkylation sites (N-methyl/N-ethyl adjacent to an activating group) is 1. The maximum atomic E-state index is 12.4. The molecule has 7 heteroatoms. The van der Waals surface area contributed by atoms with Crippen molar-refractivity contribution in [3.63, 3.8) is 0 Å². The van der Waals surface area contributed by atoms with Gasteiger partial charge >= 0.3 is 0 Å². The highest BCUT2D eigenvalue weighted by Crippen LogP contribution is 2.24. The molecule has 21 heavy (non-hydrogen) atoms. The molecule has 1 unspecified atom stereocenters. The molecular weight excluding hydrogens is 372 g/mol. The molecule has 0 fully saturated rings. The van der Waals surface area contributed by atoms with Crippen LogP contribution in [0.3, 0.4) is 0 Å². The van der Waals surface area contributed by atoms with Crippen LogP contribution in [0, 0.1) is 0 Å². The number of halogens is 1. The van der Waals surface area contributed by atoms with Crippen molar-refractivity contribution < 1.29 is 8.42 Å². The third-order valence-corrected chi connectivity index (χ3v) is 6.50. The van der Waals surface area contributed by atoms with Crippen molar-refractivity contribution in [3.8, 4) is 0 Å². The largest absolute Gasteiger partial charge is 0.300 e. The molecular formula is C14H17BrN2O2S2. The molecule has 0 aliphatic heterocycles. The first kappa shape index (κ1) is 16.6. The van der Waals surface area contributed by atoms with Gasteiger partial charge < -0.3 is 4.90 Å². The lowest BCUT2D eigenvalue weighted by Gasteiger charge is -2.23. The standard InChI is InChI=1S/C14H17BrN2O2S2/c1-17(2)12(13-7-5-9-20-13)10-16-21(18,19)14-8-4-3-6-11(14)15/h3-9,12,16H,10H2,1-2H3. The van der Waals surface area contributed by atoms with E-state index >= 15 is 0 Å². The topological polar surface area (TPSA) is 49.4 Å². The highest BCUT2D eigenvalue weighted by molar-refractivity contribution is 9.10. The zero-order valence-corrected chi connectivity index (χ0v) is 15.0. The minimum Gasteiger partial charge on any atom is -0.300 e. The molecule has 1 aromatic heterocycles. The summed E-state index contributed by atoms with van der Waals surface area (Å²) in [6, 6.07) is 10.8. The lowest BCUT2D eigenvalue weighted by atomic mass is 10.2. The van der Waals surface area contributed by atoms with Gasteiger partial charge in [0, 0.05) is 15.9 Å². The Kier molecular flexibility index (Phi) is 5.56. The second-order valence-corrected chi connectivity index (χ2v) is 8.35. The quantitative estimate of drug-likeness (QED) is 0.826. The smallest absolute Gasteiger partial charge is 0.241 e. The molecule has 0 aliphatic rings. The van der Waals surface area contributed by atoms with Gasteiger partial charge in [-0.25, -0.2) is 13.1 Å². The van der Waals surface area contributed by atoms with E-state index in [-0.39, 0.29) is 10.9 Å². The molecule has 2 aromatic rings. The average molecular weight is 389 g/mol. The number of nitrogens with one attached hydrogen (secondary N) is 1. The van der Waals surface area contributed by atoms with Gasteiger partial charge in [-0.15, -0.1) is 11.3 Å². The van der Waals surface area contributed by atoms with E-state index in [0.717, 1.165) is 4.88 Å². The van der Waals surface area contributed by atoms with Crippen LogP contribution in [0.5, 0.6) is 0 Å². The monoisotopic (exact) mass is 388 g/mol. The van der Waals surface area contributed by atoms with Gasteiger partial charge in [-0.1, -0.05) is 18.2 Å². The van der Waals surface area contributed by atoms with Crippen LogP contribution in [-0.2, 0) is 10.0 Å². The Labute approximate surface area is 138 Å². The molecule has 0 aliphatic carbocycles. The molecule has 0 spiro atoms. The predicted molar refractivity (Wildman–Crippen MR) is 90.1 cm³/mol. The summed E-state index contributed by atoms with van der Waals surface area (Å²) in [6.45, 7) is 0.331. The highest BCUT2D eigenvalue weighted by atomic mass is 79.9. The van der Waals surface area contributed by atoms with Crippen LogP contribution >= 0.6 is 27.3 Å². The summed E-state index contributed by atoms with van der Waals surface area (Å²) in [5.41, 5.74) is 0. The second kappa shape index (κ2) is 7.02. The van der Waals surface area contributed by atoms with Gasteiger partial charge in [-0.2, -0.15) is 0 Å². The summed E-state index contributed by atoms with van der Waals surface area (Å²) in [7, 11) is 0.354. The van der Waals surface area contributed by atoms with Crippen LogP contribution in [0.1, 0.15) is 10.9 Å². The minimum atomic E-state index is -3.53. The Hall–Kier alpha value is -0.730. The third kappa shape index (κ3) is 4.14. The summed E-state index contributed by atoms with van der Waals surface area (Å²) in [6.07, 6.45) is 0. The van der Waals surface area contributed by atoms with E-state index in [1.165, 1.54) is 0 Å². The number of benzene rings is 1. The Balaban J connectivity index is 2.16. The summed E-state index contributed by atoms with van der Waals surface area (Å²) in [4.78, 5) is 3.40. The van der Waals surface area contributed by atoms with Crippen molar-refractivity contribution in [1.29, 1.82) is 0 Å². The first-order valence-corrected chi connectivity index (χ1v) is 9.51. The molecule has 0 bridgehead atoms. The number of rotatable bonds is 6. The summed E-state index contributed by atoms with van der Waals surface area (Å²) < 4.78 is 28.0. The van der Waals surface area contributed by atoms with Gasteiger partial charge in [-0.05, 0) is 53.6 Å². The normalized spacial score (nSPS) is 13.5. The maximum absolute atomic E-state index is 12.4. The lowest BCUT2D eigenvalue weighted by molar-refractivity contribution is 0.303. The maximum Gasteiger partial charge on any atom is 0.241 e. The van der Waals surface area contributed by atoms with Crippen molar-refractivity contribution in [3.05, 3.63) is 51.1 Å². The van der Waals surface area contributed by atoms with Crippen LogP contribution in [0.4, 0.5) is 0 Å².